The van der Waals surface area contributed by atoms with Gasteiger partial charge in [-0.1, -0.05) is 6.07 Å². The average molecular weight is 443 g/mol. The Bertz CT molecular complexity index is 1290. The number of anilines is 1. The summed E-state index contributed by atoms with van der Waals surface area (Å²) in [6.07, 6.45) is 9.36. The Balaban J connectivity index is 1.31. The molecule has 0 atom stereocenters. The Morgan fingerprint density at radius 2 is 1.88 bits per heavy atom. The van der Waals surface area contributed by atoms with Gasteiger partial charge < -0.3 is 15.0 Å². The average Bonchev–Trinajstić information content (AvgIpc) is 3.26. The van der Waals surface area contributed by atoms with Gasteiger partial charge in [-0.2, -0.15) is 5.10 Å². The van der Waals surface area contributed by atoms with Crippen LogP contribution in [0.15, 0.2) is 61.2 Å². The van der Waals surface area contributed by atoms with Gasteiger partial charge in [-0.3, -0.25) is 14.5 Å². The standard InChI is InChI=1S/C25H26N6O2/c1-30-8-6-21(7-9-30)33-22-5-3-4-17(11-22)25(32)29-24-12-18-10-19(13-26-23(18)15-27-24)20-14-28-31(2)16-20/h3-5,10-16,21H,6-9H2,1-2H3,(H,27,29,32). The van der Waals surface area contributed by atoms with Crippen molar-refractivity contribution in [3.8, 4) is 16.9 Å². The number of ether oxygens (including phenoxy) is 1. The molecular formula is C25H26N6O2. The number of amides is 1. The predicted molar refractivity (Wildman–Crippen MR) is 127 cm³/mol. The van der Waals surface area contributed by atoms with E-state index in [1.807, 2.05) is 37.5 Å². The van der Waals surface area contributed by atoms with E-state index in [-0.39, 0.29) is 12.0 Å². The minimum atomic E-state index is -0.230. The van der Waals surface area contributed by atoms with Crippen LogP contribution in [0.3, 0.4) is 0 Å². The topological polar surface area (TPSA) is 85.2 Å². The van der Waals surface area contributed by atoms with Crippen LogP contribution in [-0.2, 0) is 7.05 Å². The number of pyridine rings is 2. The van der Waals surface area contributed by atoms with Crippen LogP contribution in [-0.4, -0.2) is 56.8 Å². The number of carbonyl (C=O) groups is 1. The van der Waals surface area contributed by atoms with Crippen LogP contribution in [0.4, 0.5) is 5.82 Å². The minimum Gasteiger partial charge on any atom is -0.490 e. The van der Waals surface area contributed by atoms with Gasteiger partial charge in [-0.25, -0.2) is 4.98 Å². The number of piperidine rings is 1. The quantitative estimate of drug-likeness (QED) is 0.507. The van der Waals surface area contributed by atoms with E-state index in [4.69, 9.17) is 4.74 Å². The Hall–Kier alpha value is -3.78. The van der Waals surface area contributed by atoms with Gasteiger partial charge in [0.25, 0.3) is 5.91 Å². The van der Waals surface area contributed by atoms with E-state index in [0.717, 1.165) is 48.0 Å². The molecule has 4 aromatic rings. The normalized spacial score (nSPS) is 15.0. The third-order valence-electron chi connectivity index (χ3n) is 5.91. The van der Waals surface area contributed by atoms with Gasteiger partial charge in [0.05, 0.1) is 17.9 Å². The van der Waals surface area contributed by atoms with E-state index in [1.165, 1.54) is 0 Å². The summed E-state index contributed by atoms with van der Waals surface area (Å²) in [5.41, 5.74) is 3.23. The molecule has 0 spiro atoms. The summed E-state index contributed by atoms with van der Waals surface area (Å²) in [4.78, 5) is 24.0. The molecule has 0 bridgehead atoms. The maximum atomic E-state index is 12.9. The lowest BCUT2D eigenvalue weighted by molar-refractivity contribution is 0.102. The molecule has 1 aliphatic heterocycles. The lowest BCUT2D eigenvalue weighted by Gasteiger charge is -2.29. The molecule has 0 saturated carbocycles. The highest BCUT2D eigenvalue weighted by molar-refractivity contribution is 6.04. The second-order valence-electron chi connectivity index (χ2n) is 8.49. The van der Waals surface area contributed by atoms with Gasteiger partial charge in [0.2, 0.25) is 0 Å². The molecule has 0 radical (unpaired) electrons. The smallest absolute Gasteiger partial charge is 0.256 e. The zero-order valence-corrected chi connectivity index (χ0v) is 18.7. The lowest BCUT2D eigenvalue weighted by Crippen LogP contribution is -2.35. The number of likely N-dealkylation sites (tertiary alicyclic amines) is 1. The summed E-state index contributed by atoms with van der Waals surface area (Å²) in [7, 11) is 4.00. The van der Waals surface area contributed by atoms with Crippen molar-refractivity contribution in [2.24, 2.45) is 7.05 Å². The lowest BCUT2D eigenvalue weighted by atomic mass is 10.1. The monoisotopic (exact) mass is 442 g/mol. The number of hydrogen-bond donors (Lipinski definition) is 1. The van der Waals surface area contributed by atoms with Gasteiger partial charge in [0.1, 0.15) is 17.7 Å². The highest BCUT2D eigenvalue weighted by Crippen LogP contribution is 2.24. The zero-order chi connectivity index (χ0) is 22.8. The maximum absolute atomic E-state index is 12.9. The summed E-state index contributed by atoms with van der Waals surface area (Å²) < 4.78 is 7.87. The van der Waals surface area contributed by atoms with Crippen molar-refractivity contribution < 1.29 is 9.53 Å². The second kappa shape index (κ2) is 8.99. The number of nitrogens with zero attached hydrogens (tertiary/aromatic N) is 5. The first-order valence-electron chi connectivity index (χ1n) is 11.0. The summed E-state index contributed by atoms with van der Waals surface area (Å²) in [5.74, 6) is 0.959. The number of benzene rings is 1. The van der Waals surface area contributed by atoms with Crippen LogP contribution in [0.2, 0.25) is 0 Å². The number of aryl methyl sites for hydroxylation is 1. The van der Waals surface area contributed by atoms with E-state index < -0.39 is 0 Å². The number of carbonyl (C=O) groups excluding carboxylic acids is 1. The predicted octanol–water partition coefficient (Wildman–Crippen LogP) is 3.76. The summed E-state index contributed by atoms with van der Waals surface area (Å²) in [5, 5.41) is 8.00. The van der Waals surface area contributed by atoms with Crippen LogP contribution >= 0.6 is 0 Å². The molecular weight excluding hydrogens is 416 g/mol. The fourth-order valence-electron chi connectivity index (χ4n) is 4.02. The number of hydrogen-bond acceptors (Lipinski definition) is 6. The molecule has 3 aromatic heterocycles. The first-order valence-corrected chi connectivity index (χ1v) is 11.0. The van der Waals surface area contributed by atoms with Crippen molar-refractivity contribution >= 4 is 22.6 Å². The zero-order valence-electron chi connectivity index (χ0n) is 18.7. The van der Waals surface area contributed by atoms with E-state index in [0.29, 0.717) is 17.1 Å². The van der Waals surface area contributed by atoms with Crippen LogP contribution in [0.5, 0.6) is 5.75 Å². The molecule has 1 N–H and O–H groups in total. The molecule has 4 heterocycles. The summed E-state index contributed by atoms with van der Waals surface area (Å²) in [6, 6.07) is 11.2. The maximum Gasteiger partial charge on any atom is 0.256 e. The Morgan fingerprint density at radius 1 is 1.03 bits per heavy atom. The molecule has 1 fully saturated rings. The van der Waals surface area contributed by atoms with E-state index in [2.05, 4.69) is 32.3 Å². The first kappa shape index (κ1) is 21.1. The highest BCUT2D eigenvalue weighted by Gasteiger charge is 2.18. The fraction of sp³-hybridized carbons (Fsp3) is 0.280. The SMILES string of the molecule is CN1CCC(Oc2cccc(C(=O)Nc3cc4cc(-c5cnn(C)c5)cnc4cn3)c2)CC1. The van der Waals surface area contributed by atoms with Crippen LogP contribution < -0.4 is 10.1 Å². The van der Waals surface area contributed by atoms with Crippen molar-refractivity contribution in [2.45, 2.75) is 18.9 Å². The number of fused-ring (bicyclic) bond motifs is 1. The molecule has 0 unspecified atom stereocenters. The van der Waals surface area contributed by atoms with Crippen molar-refractivity contribution in [3.05, 3.63) is 66.7 Å². The summed E-state index contributed by atoms with van der Waals surface area (Å²) in [6.45, 7) is 2.05. The molecule has 1 saturated heterocycles. The molecule has 1 aliphatic rings. The molecule has 8 nitrogen and oxygen atoms in total. The summed E-state index contributed by atoms with van der Waals surface area (Å²) >= 11 is 0. The molecule has 33 heavy (non-hydrogen) atoms. The van der Waals surface area contributed by atoms with Crippen LogP contribution in [0.25, 0.3) is 22.0 Å². The van der Waals surface area contributed by atoms with Gasteiger partial charge >= 0.3 is 0 Å². The van der Waals surface area contributed by atoms with Crippen molar-refractivity contribution in [3.63, 3.8) is 0 Å². The largest absolute Gasteiger partial charge is 0.490 e. The molecule has 0 aliphatic carbocycles. The van der Waals surface area contributed by atoms with Gasteiger partial charge in [0, 0.05) is 54.6 Å². The van der Waals surface area contributed by atoms with Gasteiger partial charge in [-0.05, 0) is 50.2 Å². The third kappa shape index (κ3) is 4.85. The van der Waals surface area contributed by atoms with Gasteiger partial charge in [0.15, 0.2) is 0 Å². The number of nitrogens with one attached hydrogen (secondary N) is 1. The van der Waals surface area contributed by atoms with E-state index >= 15 is 0 Å². The van der Waals surface area contributed by atoms with Crippen molar-refractivity contribution in [2.75, 3.05) is 25.5 Å². The van der Waals surface area contributed by atoms with Crippen LogP contribution in [0.1, 0.15) is 23.2 Å². The second-order valence-corrected chi connectivity index (χ2v) is 8.49. The Labute approximate surface area is 192 Å². The molecule has 168 valence electrons. The van der Waals surface area contributed by atoms with Crippen molar-refractivity contribution in [1.82, 2.24) is 24.6 Å². The minimum absolute atomic E-state index is 0.183. The first-order chi connectivity index (χ1) is 16.0. The third-order valence-corrected chi connectivity index (χ3v) is 5.91. The number of rotatable bonds is 5. The van der Waals surface area contributed by atoms with Crippen LogP contribution in [0, 0.1) is 0 Å². The number of aromatic nitrogens is 4. The van der Waals surface area contributed by atoms with Gasteiger partial charge in [-0.15, -0.1) is 0 Å². The van der Waals surface area contributed by atoms with Crippen molar-refractivity contribution in [1.29, 1.82) is 0 Å². The molecule has 1 amide bonds. The Kier molecular flexibility index (Phi) is 5.75. The molecule has 1 aromatic carbocycles. The highest BCUT2D eigenvalue weighted by atomic mass is 16.5. The van der Waals surface area contributed by atoms with E-state index in [9.17, 15) is 4.79 Å². The van der Waals surface area contributed by atoms with E-state index in [1.54, 1.807) is 35.4 Å². The fourth-order valence-corrected chi connectivity index (χ4v) is 4.02. The molecule has 8 heteroatoms. The molecule has 5 rings (SSSR count). The Morgan fingerprint density at radius 3 is 2.67 bits per heavy atom.